The summed E-state index contributed by atoms with van der Waals surface area (Å²) < 4.78 is 4.66. The van der Waals surface area contributed by atoms with Gasteiger partial charge in [0.2, 0.25) is 0 Å². The van der Waals surface area contributed by atoms with E-state index in [1.54, 1.807) is 6.07 Å². The number of amides is 1. The molecule has 7 nitrogen and oxygen atoms in total. The smallest absolute Gasteiger partial charge is 0.274 e. The Bertz CT molecular complexity index is 518. The SMILES string of the molecule is CCCc1[nH]nc(C(=O)NCc2ccon2)c1N. The number of aryl methyl sites for hydroxylation is 1. The summed E-state index contributed by atoms with van der Waals surface area (Å²) in [4.78, 5) is 11.8. The van der Waals surface area contributed by atoms with E-state index < -0.39 is 0 Å². The third-order valence-electron chi connectivity index (χ3n) is 2.52. The summed E-state index contributed by atoms with van der Waals surface area (Å²) in [7, 11) is 0. The maximum Gasteiger partial charge on any atom is 0.274 e. The van der Waals surface area contributed by atoms with Gasteiger partial charge in [-0.1, -0.05) is 18.5 Å². The summed E-state index contributed by atoms with van der Waals surface area (Å²) in [5, 5.41) is 13.1. The number of H-pyrrole nitrogens is 1. The first kappa shape index (κ1) is 12.2. The highest BCUT2D eigenvalue weighted by atomic mass is 16.5. The van der Waals surface area contributed by atoms with Crippen LogP contribution in [0.15, 0.2) is 16.9 Å². The molecular formula is C11H15N5O2. The van der Waals surface area contributed by atoms with Crippen LogP contribution >= 0.6 is 0 Å². The minimum absolute atomic E-state index is 0.224. The molecule has 0 aliphatic heterocycles. The number of carbonyl (C=O) groups is 1. The van der Waals surface area contributed by atoms with E-state index >= 15 is 0 Å². The zero-order valence-electron chi connectivity index (χ0n) is 10.1. The molecule has 0 fully saturated rings. The zero-order chi connectivity index (χ0) is 13.0. The first-order valence-corrected chi connectivity index (χ1v) is 5.72. The molecule has 2 rings (SSSR count). The molecule has 0 atom stereocenters. The normalized spacial score (nSPS) is 10.5. The van der Waals surface area contributed by atoms with Gasteiger partial charge in [0.25, 0.3) is 5.91 Å². The largest absolute Gasteiger partial charge is 0.395 e. The van der Waals surface area contributed by atoms with Gasteiger partial charge in [-0.2, -0.15) is 5.10 Å². The number of aromatic nitrogens is 3. The number of aromatic amines is 1. The van der Waals surface area contributed by atoms with Gasteiger partial charge >= 0.3 is 0 Å². The van der Waals surface area contributed by atoms with E-state index in [4.69, 9.17) is 5.73 Å². The molecule has 7 heteroatoms. The van der Waals surface area contributed by atoms with Gasteiger partial charge in [0, 0.05) is 6.07 Å². The third kappa shape index (κ3) is 2.50. The van der Waals surface area contributed by atoms with E-state index in [0.29, 0.717) is 11.4 Å². The second-order valence-electron chi connectivity index (χ2n) is 3.89. The van der Waals surface area contributed by atoms with Crippen molar-refractivity contribution in [3.05, 3.63) is 29.4 Å². The van der Waals surface area contributed by atoms with Gasteiger partial charge in [-0.3, -0.25) is 9.89 Å². The monoisotopic (exact) mass is 249 g/mol. The fraction of sp³-hybridized carbons (Fsp3) is 0.364. The Hall–Kier alpha value is -2.31. The van der Waals surface area contributed by atoms with Crippen LogP contribution in [-0.2, 0) is 13.0 Å². The first-order chi connectivity index (χ1) is 8.72. The fourth-order valence-electron chi connectivity index (χ4n) is 1.58. The molecule has 2 aromatic heterocycles. The number of hydrogen-bond acceptors (Lipinski definition) is 5. The van der Waals surface area contributed by atoms with Gasteiger partial charge in [-0.05, 0) is 6.42 Å². The Kier molecular flexibility index (Phi) is 3.61. The van der Waals surface area contributed by atoms with Crippen LogP contribution in [0.4, 0.5) is 5.69 Å². The molecule has 0 aromatic carbocycles. The number of nitrogens with zero attached hydrogens (tertiary/aromatic N) is 2. The number of carbonyl (C=O) groups excluding carboxylic acids is 1. The minimum Gasteiger partial charge on any atom is -0.395 e. The van der Waals surface area contributed by atoms with Crippen molar-refractivity contribution >= 4 is 11.6 Å². The molecule has 18 heavy (non-hydrogen) atoms. The van der Waals surface area contributed by atoms with Crippen LogP contribution in [0.5, 0.6) is 0 Å². The molecule has 4 N–H and O–H groups in total. The van der Waals surface area contributed by atoms with E-state index in [1.165, 1.54) is 6.26 Å². The molecular weight excluding hydrogens is 234 g/mol. The van der Waals surface area contributed by atoms with Gasteiger partial charge in [0.15, 0.2) is 5.69 Å². The van der Waals surface area contributed by atoms with E-state index in [0.717, 1.165) is 18.5 Å². The molecule has 0 radical (unpaired) electrons. The van der Waals surface area contributed by atoms with E-state index in [2.05, 4.69) is 25.2 Å². The lowest BCUT2D eigenvalue weighted by atomic mass is 10.2. The zero-order valence-corrected chi connectivity index (χ0v) is 10.1. The predicted molar refractivity (Wildman–Crippen MR) is 64.7 cm³/mol. The van der Waals surface area contributed by atoms with E-state index in [1.807, 2.05) is 6.92 Å². The molecule has 0 bridgehead atoms. The standard InChI is InChI=1S/C11H15N5O2/c1-2-3-8-9(12)10(15-14-8)11(17)13-6-7-4-5-18-16-7/h4-5H,2-3,6,12H2,1H3,(H,13,17)(H,14,15). The average Bonchev–Trinajstić information content (AvgIpc) is 2.98. The van der Waals surface area contributed by atoms with Gasteiger partial charge in [0.1, 0.15) is 12.0 Å². The van der Waals surface area contributed by atoms with Crippen molar-refractivity contribution in [2.24, 2.45) is 0 Å². The molecule has 0 aliphatic rings. The van der Waals surface area contributed by atoms with Crippen molar-refractivity contribution in [1.82, 2.24) is 20.7 Å². The molecule has 0 aliphatic carbocycles. The van der Waals surface area contributed by atoms with Crippen molar-refractivity contribution in [3.8, 4) is 0 Å². The fourth-order valence-corrected chi connectivity index (χ4v) is 1.58. The topological polar surface area (TPSA) is 110 Å². The molecule has 0 spiro atoms. The van der Waals surface area contributed by atoms with Crippen LogP contribution in [0.3, 0.4) is 0 Å². The second-order valence-corrected chi connectivity index (χ2v) is 3.89. The van der Waals surface area contributed by atoms with Gasteiger partial charge in [-0.15, -0.1) is 0 Å². The lowest BCUT2D eigenvalue weighted by molar-refractivity contribution is 0.0946. The Morgan fingerprint density at radius 1 is 1.61 bits per heavy atom. The Labute approximate surface area is 104 Å². The highest BCUT2D eigenvalue weighted by Gasteiger charge is 2.16. The van der Waals surface area contributed by atoms with Gasteiger partial charge in [-0.25, -0.2) is 0 Å². The Morgan fingerprint density at radius 2 is 2.44 bits per heavy atom. The number of nitrogens with two attached hydrogens (primary N) is 1. The van der Waals surface area contributed by atoms with E-state index in [-0.39, 0.29) is 18.1 Å². The van der Waals surface area contributed by atoms with Crippen LogP contribution < -0.4 is 11.1 Å². The summed E-state index contributed by atoms with van der Waals surface area (Å²) in [5.41, 5.74) is 7.93. The molecule has 2 heterocycles. The number of nitrogen functional groups attached to an aromatic ring is 1. The number of rotatable bonds is 5. The van der Waals surface area contributed by atoms with Crippen LogP contribution in [0, 0.1) is 0 Å². The van der Waals surface area contributed by atoms with Crippen LogP contribution in [0.2, 0.25) is 0 Å². The third-order valence-corrected chi connectivity index (χ3v) is 2.52. The van der Waals surface area contributed by atoms with Crippen LogP contribution in [-0.4, -0.2) is 21.3 Å². The lowest BCUT2D eigenvalue weighted by Gasteiger charge is -2.01. The van der Waals surface area contributed by atoms with Crippen molar-refractivity contribution in [2.75, 3.05) is 5.73 Å². The highest BCUT2D eigenvalue weighted by molar-refractivity contribution is 5.97. The first-order valence-electron chi connectivity index (χ1n) is 5.72. The second kappa shape index (κ2) is 5.35. The maximum absolute atomic E-state index is 11.8. The molecule has 1 amide bonds. The number of nitrogens with one attached hydrogen (secondary N) is 2. The van der Waals surface area contributed by atoms with Crippen LogP contribution in [0.1, 0.15) is 35.2 Å². The predicted octanol–water partition coefficient (Wildman–Crippen LogP) is 0.862. The molecule has 0 saturated carbocycles. The summed E-state index contributed by atoms with van der Waals surface area (Å²) in [6, 6.07) is 1.68. The van der Waals surface area contributed by atoms with Gasteiger partial charge < -0.3 is 15.6 Å². The minimum atomic E-state index is -0.325. The quantitative estimate of drug-likeness (QED) is 0.728. The summed E-state index contributed by atoms with van der Waals surface area (Å²) >= 11 is 0. The maximum atomic E-state index is 11.8. The van der Waals surface area contributed by atoms with Crippen molar-refractivity contribution < 1.29 is 9.32 Å². The van der Waals surface area contributed by atoms with Crippen molar-refractivity contribution in [3.63, 3.8) is 0 Å². The molecule has 0 unspecified atom stereocenters. The van der Waals surface area contributed by atoms with Crippen LogP contribution in [0.25, 0.3) is 0 Å². The van der Waals surface area contributed by atoms with Gasteiger partial charge in [0.05, 0.1) is 17.9 Å². The lowest BCUT2D eigenvalue weighted by Crippen LogP contribution is -2.24. The summed E-state index contributed by atoms with van der Waals surface area (Å²) in [5.74, 6) is -0.325. The highest BCUT2D eigenvalue weighted by Crippen LogP contribution is 2.15. The Morgan fingerprint density at radius 3 is 3.11 bits per heavy atom. The summed E-state index contributed by atoms with van der Waals surface area (Å²) in [6.07, 6.45) is 3.16. The van der Waals surface area contributed by atoms with Crippen molar-refractivity contribution in [2.45, 2.75) is 26.3 Å². The van der Waals surface area contributed by atoms with Crippen molar-refractivity contribution in [1.29, 1.82) is 0 Å². The summed E-state index contributed by atoms with van der Waals surface area (Å²) in [6.45, 7) is 2.31. The van der Waals surface area contributed by atoms with E-state index in [9.17, 15) is 4.79 Å². The number of hydrogen-bond donors (Lipinski definition) is 3. The molecule has 96 valence electrons. The average molecular weight is 249 g/mol. The Balaban J connectivity index is 2.00. The number of anilines is 1. The molecule has 2 aromatic rings. The molecule has 0 saturated heterocycles.